The van der Waals surface area contributed by atoms with E-state index in [-0.39, 0.29) is 0 Å². The number of nitrogens with zero attached hydrogens (tertiary/aromatic N) is 1. The highest BCUT2D eigenvalue weighted by Gasteiger charge is 2.22. The molecule has 0 aromatic heterocycles. The summed E-state index contributed by atoms with van der Waals surface area (Å²) in [5.74, 6) is 3.52. The Morgan fingerprint density at radius 2 is 2.15 bits per heavy atom. The van der Waals surface area contributed by atoms with E-state index in [2.05, 4.69) is 11.6 Å². The van der Waals surface area contributed by atoms with Crippen LogP contribution in [-0.2, 0) is 9.71 Å². The van der Waals surface area contributed by atoms with E-state index >= 15 is 0 Å². The lowest BCUT2D eigenvalue weighted by Crippen LogP contribution is -2.39. The van der Waals surface area contributed by atoms with Gasteiger partial charge in [-0.1, -0.05) is 0 Å². The summed E-state index contributed by atoms with van der Waals surface area (Å²) in [4.78, 5) is 0. The van der Waals surface area contributed by atoms with E-state index in [1.54, 1.807) is 10.6 Å². The van der Waals surface area contributed by atoms with Gasteiger partial charge in [-0.3, -0.25) is 4.21 Å². The van der Waals surface area contributed by atoms with Gasteiger partial charge in [-0.15, -0.1) is 0 Å². The molecule has 2 atom stereocenters. The van der Waals surface area contributed by atoms with Crippen molar-refractivity contribution in [2.75, 3.05) is 26.4 Å². The molecule has 0 bridgehead atoms. The molecule has 80 valence electrons. The third kappa shape index (κ3) is 4.59. The summed E-state index contributed by atoms with van der Waals surface area (Å²) in [5, 5.41) is 0. The molecule has 1 heterocycles. The third-order valence-corrected chi connectivity index (χ3v) is 3.30. The second-order valence-electron chi connectivity index (χ2n) is 3.09. The first kappa shape index (κ1) is 12.9. The lowest BCUT2D eigenvalue weighted by atomic mass is 10.1. The maximum absolute atomic E-state index is 12.8. The first-order valence-electron chi connectivity index (χ1n) is 4.29. The molecule has 1 fully saturated rings. The average molecular weight is 210 g/mol. The van der Waals surface area contributed by atoms with Gasteiger partial charge in [-0.25, -0.2) is 8.70 Å². The third-order valence-electron chi connectivity index (χ3n) is 1.87. The smallest absolute Gasteiger partial charge is 0.114 e. The van der Waals surface area contributed by atoms with Crippen LogP contribution < -0.4 is 5.73 Å². The van der Waals surface area contributed by atoms with Gasteiger partial charge >= 0.3 is 0 Å². The summed E-state index contributed by atoms with van der Waals surface area (Å²) >= 11 is 0. The van der Waals surface area contributed by atoms with Crippen LogP contribution in [0.5, 0.6) is 0 Å². The fourth-order valence-corrected chi connectivity index (χ4v) is 2.24. The van der Waals surface area contributed by atoms with Crippen LogP contribution in [0.1, 0.15) is 12.8 Å². The molecule has 2 unspecified atom stereocenters. The maximum atomic E-state index is 12.8. The Bertz CT molecular complexity index is 228. The van der Waals surface area contributed by atoms with E-state index in [1.807, 2.05) is 0 Å². The minimum absolute atomic E-state index is 0.291. The van der Waals surface area contributed by atoms with Gasteiger partial charge in [0.1, 0.15) is 6.17 Å². The highest BCUT2D eigenvalue weighted by molar-refractivity contribution is 7.97. The van der Waals surface area contributed by atoms with Gasteiger partial charge in [0.05, 0.1) is 0 Å². The SMILES string of the molecule is C=S(C)(=O)N1CCCC(F)C1.CN. The molecule has 0 aromatic rings. The summed E-state index contributed by atoms with van der Waals surface area (Å²) < 4.78 is 25.7. The molecule has 1 rings (SSSR count). The summed E-state index contributed by atoms with van der Waals surface area (Å²) in [7, 11) is -0.665. The number of rotatable bonds is 1. The number of piperidine rings is 1. The van der Waals surface area contributed by atoms with Crippen LogP contribution in [-0.4, -0.2) is 46.9 Å². The van der Waals surface area contributed by atoms with Gasteiger partial charge in [0, 0.05) is 29.1 Å². The molecule has 0 aromatic carbocycles. The average Bonchev–Trinajstić information content (AvgIpc) is 2.06. The first-order valence-corrected chi connectivity index (χ1v) is 6.38. The van der Waals surface area contributed by atoms with Crippen LogP contribution in [0.25, 0.3) is 0 Å². The standard InChI is InChI=1S/C7H14FNOS.CH5N/c1-11(2,10)9-5-3-4-7(8)6-9;1-2/h7H,1,3-6H2,2H3;2H2,1H3. The Labute approximate surface area is 80.2 Å². The number of hydrogen-bond acceptors (Lipinski definition) is 2. The van der Waals surface area contributed by atoms with Crippen molar-refractivity contribution < 1.29 is 8.60 Å². The van der Waals surface area contributed by atoms with Crippen molar-refractivity contribution in [2.45, 2.75) is 19.0 Å². The second kappa shape index (κ2) is 5.57. The van der Waals surface area contributed by atoms with Crippen LogP contribution >= 0.6 is 0 Å². The Morgan fingerprint density at radius 1 is 1.62 bits per heavy atom. The van der Waals surface area contributed by atoms with Crippen molar-refractivity contribution >= 4 is 15.6 Å². The van der Waals surface area contributed by atoms with Crippen LogP contribution in [0, 0.1) is 0 Å². The molecule has 5 heteroatoms. The minimum Gasteiger partial charge on any atom is -0.333 e. The van der Waals surface area contributed by atoms with Crippen molar-refractivity contribution in [3.8, 4) is 0 Å². The van der Waals surface area contributed by atoms with E-state index < -0.39 is 15.9 Å². The van der Waals surface area contributed by atoms with Crippen molar-refractivity contribution in [1.29, 1.82) is 0 Å². The summed E-state index contributed by atoms with van der Waals surface area (Å²) in [6.07, 6.45) is 2.14. The molecular weight excluding hydrogens is 191 g/mol. The number of alkyl halides is 1. The minimum atomic E-state index is -2.17. The zero-order valence-corrected chi connectivity index (χ0v) is 9.15. The number of nitrogens with two attached hydrogens (primary N) is 1. The molecule has 1 saturated heterocycles. The van der Waals surface area contributed by atoms with Crippen LogP contribution in [0.2, 0.25) is 0 Å². The highest BCUT2D eigenvalue weighted by Crippen LogP contribution is 2.14. The van der Waals surface area contributed by atoms with Crippen molar-refractivity contribution in [2.24, 2.45) is 5.73 Å². The molecule has 1 aliphatic rings. The summed E-state index contributed by atoms with van der Waals surface area (Å²) in [6, 6.07) is 0. The second-order valence-corrected chi connectivity index (χ2v) is 5.52. The normalized spacial score (nSPS) is 28.5. The highest BCUT2D eigenvalue weighted by atomic mass is 32.2. The first-order chi connectivity index (χ1) is 6.00. The fourth-order valence-electron chi connectivity index (χ4n) is 1.24. The summed E-state index contributed by atoms with van der Waals surface area (Å²) in [5.41, 5.74) is 4.50. The molecule has 0 amide bonds. The maximum Gasteiger partial charge on any atom is 0.114 e. The summed E-state index contributed by atoms with van der Waals surface area (Å²) in [6.45, 7) is 1.01. The van der Waals surface area contributed by atoms with Crippen LogP contribution in [0.3, 0.4) is 0 Å². The molecule has 0 saturated carbocycles. The fraction of sp³-hybridized carbons (Fsp3) is 0.875. The molecule has 0 spiro atoms. The topological polar surface area (TPSA) is 46.3 Å². The van der Waals surface area contributed by atoms with Gasteiger partial charge in [0.25, 0.3) is 0 Å². The van der Waals surface area contributed by atoms with Crippen molar-refractivity contribution in [3.05, 3.63) is 0 Å². The van der Waals surface area contributed by atoms with Crippen LogP contribution in [0.15, 0.2) is 0 Å². The lowest BCUT2D eigenvalue weighted by molar-refractivity contribution is 0.208. The molecule has 0 radical (unpaired) electrons. The van der Waals surface area contributed by atoms with E-state index in [1.165, 1.54) is 7.05 Å². The zero-order valence-electron chi connectivity index (χ0n) is 8.33. The lowest BCUT2D eigenvalue weighted by Gasteiger charge is -2.29. The zero-order chi connectivity index (χ0) is 10.5. The molecule has 3 nitrogen and oxygen atoms in total. The largest absolute Gasteiger partial charge is 0.333 e. The van der Waals surface area contributed by atoms with Crippen molar-refractivity contribution in [3.63, 3.8) is 0 Å². The van der Waals surface area contributed by atoms with Crippen molar-refractivity contribution in [1.82, 2.24) is 4.31 Å². The van der Waals surface area contributed by atoms with Gasteiger partial charge in [-0.2, -0.15) is 0 Å². The monoisotopic (exact) mass is 210 g/mol. The Hall–Kier alpha value is -0.130. The van der Waals surface area contributed by atoms with Gasteiger partial charge in [-0.05, 0) is 25.8 Å². The predicted molar refractivity (Wildman–Crippen MR) is 57.0 cm³/mol. The number of halogens is 1. The molecule has 0 aliphatic carbocycles. The predicted octanol–water partition coefficient (Wildman–Crippen LogP) is 0.256. The number of hydrogen-bond donors (Lipinski definition) is 1. The van der Waals surface area contributed by atoms with Crippen LogP contribution in [0.4, 0.5) is 4.39 Å². The Morgan fingerprint density at radius 3 is 2.46 bits per heavy atom. The Kier molecular flexibility index (Phi) is 5.51. The van der Waals surface area contributed by atoms with Gasteiger partial charge in [0.2, 0.25) is 0 Å². The quantitative estimate of drug-likeness (QED) is 0.631. The van der Waals surface area contributed by atoms with Gasteiger partial charge < -0.3 is 5.73 Å². The molecule has 1 aliphatic heterocycles. The molecule has 2 N–H and O–H groups in total. The molecule has 13 heavy (non-hydrogen) atoms. The van der Waals surface area contributed by atoms with E-state index in [4.69, 9.17) is 0 Å². The molecular formula is C8H19FN2OS. The Balaban J connectivity index is 0.000000671. The van der Waals surface area contributed by atoms with E-state index in [0.29, 0.717) is 13.0 Å². The van der Waals surface area contributed by atoms with E-state index in [9.17, 15) is 8.60 Å². The van der Waals surface area contributed by atoms with Gasteiger partial charge in [0.15, 0.2) is 0 Å². The van der Waals surface area contributed by atoms with E-state index in [0.717, 1.165) is 13.0 Å².